The summed E-state index contributed by atoms with van der Waals surface area (Å²) >= 11 is 0. The first-order valence-electron chi connectivity index (χ1n) is 13.1. The van der Waals surface area contributed by atoms with Crippen LogP contribution in [-0.2, 0) is 6.54 Å². The Bertz CT molecular complexity index is 1480. The summed E-state index contributed by atoms with van der Waals surface area (Å²) in [7, 11) is 0. The number of nitrogens with one attached hydrogen (secondary N) is 2. The van der Waals surface area contributed by atoms with Gasteiger partial charge in [0.25, 0.3) is 11.5 Å². The van der Waals surface area contributed by atoms with Gasteiger partial charge in [0.05, 0.1) is 29.1 Å². The summed E-state index contributed by atoms with van der Waals surface area (Å²) in [6.45, 7) is 1.36. The summed E-state index contributed by atoms with van der Waals surface area (Å²) in [6.07, 6.45) is 1.75. The van der Waals surface area contributed by atoms with Crippen molar-refractivity contribution in [1.82, 2.24) is 9.55 Å². The van der Waals surface area contributed by atoms with E-state index in [-0.39, 0.29) is 49.0 Å². The van der Waals surface area contributed by atoms with Gasteiger partial charge in [-0.05, 0) is 43.9 Å². The number of halogens is 5. The van der Waals surface area contributed by atoms with Crippen LogP contribution in [0.2, 0.25) is 0 Å². The predicted octanol–water partition coefficient (Wildman–Crippen LogP) is 5.75. The van der Waals surface area contributed by atoms with Gasteiger partial charge in [-0.3, -0.25) is 4.79 Å². The molecule has 4 heterocycles. The summed E-state index contributed by atoms with van der Waals surface area (Å²) in [5.41, 5.74) is 0.735. The van der Waals surface area contributed by atoms with E-state index in [2.05, 4.69) is 15.6 Å². The van der Waals surface area contributed by atoms with Crippen LogP contribution in [0.5, 0.6) is 5.75 Å². The third-order valence-corrected chi connectivity index (χ3v) is 7.74. The molecule has 12 heteroatoms. The van der Waals surface area contributed by atoms with Crippen LogP contribution in [0.25, 0.3) is 10.9 Å². The molecular weight excluding hydrogens is 521 g/mol. The molecule has 0 radical (unpaired) electrons. The second-order valence-electron chi connectivity index (χ2n) is 10.5. The normalized spacial score (nSPS) is 22.0. The Morgan fingerprint density at radius 1 is 1.15 bits per heavy atom. The molecule has 1 aliphatic carbocycles. The number of hydrogen-bond acceptors (Lipinski definition) is 6. The van der Waals surface area contributed by atoms with Crippen molar-refractivity contribution in [3.63, 3.8) is 0 Å². The summed E-state index contributed by atoms with van der Waals surface area (Å²) in [5, 5.41) is 6.42. The minimum Gasteiger partial charge on any atom is -0.480 e. The molecule has 0 unspecified atom stereocenters. The fraction of sp³-hybridized carbons (Fsp3) is 0.481. The van der Waals surface area contributed by atoms with E-state index in [9.17, 15) is 26.7 Å². The van der Waals surface area contributed by atoms with Crippen LogP contribution in [0.15, 0.2) is 35.3 Å². The van der Waals surface area contributed by atoms with E-state index in [4.69, 9.17) is 4.74 Å². The largest absolute Gasteiger partial charge is 0.480 e. The van der Waals surface area contributed by atoms with Gasteiger partial charge < -0.3 is 24.8 Å². The first kappa shape index (κ1) is 25.7. The number of ether oxygens (including phenoxy) is 1. The zero-order valence-electron chi connectivity index (χ0n) is 21.2. The van der Waals surface area contributed by atoms with Crippen LogP contribution >= 0.6 is 0 Å². The van der Waals surface area contributed by atoms with Gasteiger partial charge in [-0.15, -0.1) is 0 Å². The maximum atomic E-state index is 14.9. The Morgan fingerprint density at radius 3 is 2.59 bits per heavy atom. The molecule has 2 aliphatic heterocycles. The number of pyridine rings is 2. The van der Waals surface area contributed by atoms with Gasteiger partial charge in [0.1, 0.15) is 5.82 Å². The fourth-order valence-corrected chi connectivity index (χ4v) is 5.43. The Kier molecular flexibility index (Phi) is 6.11. The number of alkyl halides is 4. The molecular formula is C27H28F5N5O2. The number of nitrogens with zero attached hydrogens (tertiary/aromatic N) is 3. The van der Waals surface area contributed by atoms with E-state index in [1.54, 1.807) is 30.0 Å². The Labute approximate surface area is 221 Å². The zero-order valence-corrected chi connectivity index (χ0v) is 21.2. The first-order valence-corrected chi connectivity index (χ1v) is 13.1. The highest BCUT2D eigenvalue weighted by molar-refractivity contribution is 5.97. The van der Waals surface area contributed by atoms with E-state index in [0.717, 1.165) is 6.20 Å². The summed E-state index contributed by atoms with van der Waals surface area (Å²) in [5.74, 6) is -6.55. The SMILES string of the molecule is CCn1c(=O)c2c(c3cc(Nc4cc(N5CCC(F)(F)CC5)ncc4F)ccc31)N[C@@H](C1CC1)C(F)(F)CO2. The molecule has 2 fully saturated rings. The van der Waals surface area contributed by atoms with Crippen molar-refractivity contribution < 1.29 is 26.7 Å². The van der Waals surface area contributed by atoms with Crippen LogP contribution in [0.3, 0.4) is 0 Å². The Morgan fingerprint density at radius 2 is 1.90 bits per heavy atom. The lowest BCUT2D eigenvalue weighted by Gasteiger charge is -2.32. The quantitative estimate of drug-likeness (QED) is 0.395. The van der Waals surface area contributed by atoms with Crippen molar-refractivity contribution in [1.29, 1.82) is 0 Å². The Balaban J connectivity index is 1.38. The molecule has 39 heavy (non-hydrogen) atoms. The van der Waals surface area contributed by atoms with Crippen molar-refractivity contribution in [2.75, 3.05) is 35.2 Å². The van der Waals surface area contributed by atoms with Crippen molar-refractivity contribution in [3.05, 3.63) is 46.6 Å². The third-order valence-electron chi connectivity index (χ3n) is 7.74. The highest BCUT2D eigenvalue weighted by atomic mass is 19.3. The van der Waals surface area contributed by atoms with E-state index >= 15 is 0 Å². The second kappa shape index (κ2) is 9.27. The molecule has 3 aliphatic rings. The average Bonchev–Trinajstić information content (AvgIpc) is 3.74. The van der Waals surface area contributed by atoms with Crippen molar-refractivity contribution >= 4 is 33.8 Å². The van der Waals surface area contributed by atoms with E-state index in [1.165, 1.54) is 10.6 Å². The summed E-state index contributed by atoms with van der Waals surface area (Å²) in [6, 6.07) is 5.28. The number of aryl methyl sites for hydroxylation is 1. The van der Waals surface area contributed by atoms with E-state index in [0.29, 0.717) is 41.8 Å². The lowest BCUT2D eigenvalue weighted by atomic mass is 10.0. The van der Waals surface area contributed by atoms with E-state index < -0.39 is 35.9 Å². The van der Waals surface area contributed by atoms with Gasteiger partial charge in [-0.1, -0.05) is 0 Å². The van der Waals surface area contributed by atoms with Gasteiger partial charge >= 0.3 is 5.92 Å². The van der Waals surface area contributed by atoms with Crippen LogP contribution in [0.4, 0.5) is 44.8 Å². The molecule has 2 aromatic heterocycles. The van der Waals surface area contributed by atoms with Gasteiger partial charge in [-0.2, -0.15) is 0 Å². The molecule has 0 spiro atoms. The number of aromatic nitrogens is 2. The molecule has 1 saturated heterocycles. The highest BCUT2D eigenvalue weighted by Crippen LogP contribution is 2.45. The first-order chi connectivity index (χ1) is 18.6. The Hall–Kier alpha value is -3.57. The molecule has 0 amide bonds. The monoisotopic (exact) mass is 549 g/mol. The molecule has 208 valence electrons. The van der Waals surface area contributed by atoms with E-state index in [1.807, 2.05) is 0 Å². The molecule has 7 nitrogen and oxygen atoms in total. The minimum absolute atomic E-state index is 0.0817. The van der Waals surface area contributed by atoms with Gasteiger partial charge in [0.15, 0.2) is 12.4 Å². The van der Waals surface area contributed by atoms with Crippen molar-refractivity contribution in [3.8, 4) is 5.75 Å². The van der Waals surface area contributed by atoms with Crippen LogP contribution in [0, 0.1) is 11.7 Å². The molecule has 1 saturated carbocycles. The number of benzene rings is 1. The zero-order chi connectivity index (χ0) is 27.5. The molecule has 2 N–H and O–H groups in total. The standard InChI is InChI=1S/C27H28F5N5O2/c1-2-37-20-6-5-16(34-19-12-21(33-13-18(19)28)36-9-7-26(29,30)8-10-36)11-17(20)22-23(25(37)38)39-14-27(31,32)24(35-22)15-3-4-15/h5-6,11-13,15,24,35H,2-4,7-10,14H2,1H3,(H,33,34)/t24-/m0/s1. The third kappa shape index (κ3) is 4.74. The van der Waals surface area contributed by atoms with Crippen LogP contribution in [0.1, 0.15) is 32.6 Å². The molecule has 6 rings (SSSR count). The average molecular weight is 550 g/mol. The topological polar surface area (TPSA) is 71.4 Å². The molecule has 3 aromatic rings. The summed E-state index contributed by atoms with van der Waals surface area (Å²) in [4.78, 5) is 19.0. The van der Waals surface area contributed by atoms with Crippen LogP contribution < -0.4 is 25.8 Å². The van der Waals surface area contributed by atoms with Crippen LogP contribution in [-0.4, -0.2) is 47.1 Å². The highest BCUT2D eigenvalue weighted by Gasteiger charge is 2.51. The van der Waals surface area contributed by atoms with Gasteiger partial charge in [0, 0.05) is 49.6 Å². The fourth-order valence-electron chi connectivity index (χ4n) is 5.43. The lowest BCUT2D eigenvalue weighted by molar-refractivity contribution is -0.0579. The number of piperidine rings is 1. The van der Waals surface area contributed by atoms with Gasteiger partial charge in [-0.25, -0.2) is 26.9 Å². The number of fused-ring (bicyclic) bond motifs is 3. The van der Waals surface area contributed by atoms with Gasteiger partial charge in [0.2, 0.25) is 5.75 Å². The summed E-state index contributed by atoms with van der Waals surface area (Å²) < 4.78 is 78.7. The maximum absolute atomic E-state index is 14.9. The molecule has 1 atom stereocenters. The minimum atomic E-state index is -3.17. The number of anilines is 4. The second-order valence-corrected chi connectivity index (χ2v) is 10.5. The number of hydrogen-bond donors (Lipinski definition) is 2. The van der Waals surface area contributed by atoms with Crippen molar-refractivity contribution in [2.24, 2.45) is 5.92 Å². The number of rotatable bonds is 5. The predicted molar refractivity (Wildman–Crippen MR) is 138 cm³/mol. The maximum Gasteiger partial charge on any atom is 0.301 e. The molecule has 0 bridgehead atoms. The molecule has 1 aromatic carbocycles. The lowest BCUT2D eigenvalue weighted by Crippen LogP contribution is -2.44. The smallest absolute Gasteiger partial charge is 0.301 e. The van der Waals surface area contributed by atoms with Crippen molar-refractivity contribution in [2.45, 2.75) is 57.0 Å².